The molecule has 0 bridgehead atoms. The fraction of sp³-hybridized carbons (Fsp3) is 0.350. The fourth-order valence-electron chi connectivity index (χ4n) is 3.36. The molecule has 0 saturated carbocycles. The van der Waals surface area contributed by atoms with Crippen molar-refractivity contribution in [2.45, 2.75) is 25.4 Å². The van der Waals surface area contributed by atoms with Gasteiger partial charge in [-0.2, -0.15) is 0 Å². The number of piperidine rings is 1. The first-order chi connectivity index (χ1) is 12.6. The van der Waals surface area contributed by atoms with Gasteiger partial charge in [-0.25, -0.2) is 13.6 Å². The zero-order chi connectivity index (χ0) is 18.5. The lowest BCUT2D eigenvalue weighted by atomic mass is 9.90. The molecular weight excluding hydrogens is 338 g/mol. The summed E-state index contributed by atoms with van der Waals surface area (Å²) in [5, 5.41) is 2.90. The van der Waals surface area contributed by atoms with Crippen LogP contribution in [0.3, 0.4) is 0 Å². The SMILES string of the molecule is COCc1ccccc1NC(=O)N1CCCC(c2cc(F)ccc2F)C1. The maximum atomic E-state index is 14.1. The summed E-state index contributed by atoms with van der Waals surface area (Å²) in [4.78, 5) is 14.3. The minimum Gasteiger partial charge on any atom is -0.380 e. The average Bonchev–Trinajstić information content (AvgIpc) is 2.65. The van der Waals surface area contributed by atoms with Gasteiger partial charge in [0.25, 0.3) is 0 Å². The van der Waals surface area contributed by atoms with E-state index >= 15 is 0 Å². The van der Waals surface area contributed by atoms with Crippen LogP contribution in [-0.2, 0) is 11.3 Å². The van der Waals surface area contributed by atoms with Crippen LogP contribution in [0.4, 0.5) is 19.3 Å². The molecule has 0 radical (unpaired) electrons. The Hall–Kier alpha value is -2.47. The minimum atomic E-state index is -0.462. The summed E-state index contributed by atoms with van der Waals surface area (Å²) in [6.07, 6.45) is 1.47. The van der Waals surface area contributed by atoms with E-state index in [2.05, 4.69) is 5.32 Å². The van der Waals surface area contributed by atoms with Crippen molar-refractivity contribution < 1.29 is 18.3 Å². The second-order valence-corrected chi connectivity index (χ2v) is 6.47. The largest absolute Gasteiger partial charge is 0.380 e. The fourth-order valence-corrected chi connectivity index (χ4v) is 3.36. The number of amides is 2. The number of hydrogen-bond acceptors (Lipinski definition) is 2. The number of para-hydroxylation sites is 1. The van der Waals surface area contributed by atoms with Crippen LogP contribution in [0.5, 0.6) is 0 Å². The highest BCUT2D eigenvalue weighted by atomic mass is 19.1. The van der Waals surface area contributed by atoms with Gasteiger partial charge in [-0.1, -0.05) is 18.2 Å². The normalized spacial score (nSPS) is 17.2. The zero-order valence-electron chi connectivity index (χ0n) is 14.7. The topological polar surface area (TPSA) is 41.6 Å². The second kappa shape index (κ2) is 8.27. The highest BCUT2D eigenvalue weighted by Crippen LogP contribution is 2.30. The summed E-state index contributed by atoms with van der Waals surface area (Å²) in [6.45, 7) is 1.35. The quantitative estimate of drug-likeness (QED) is 0.871. The molecule has 1 heterocycles. The number of ether oxygens (including phenoxy) is 1. The Balaban J connectivity index is 1.71. The van der Waals surface area contributed by atoms with Gasteiger partial charge in [0, 0.05) is 37.4 Å². The molecule has 1 saturated heterocycles. The summed E-state index contributed by atoms with van der Waals surface area (Å²) in [7, 11) is 1.60. The number of nitrogens with zero attached hydrogens (tertiary/aromatic N) is 1. The van der Waals surface area contributed by atoms with Crippen LogP contribution >= 0.6 is 0 Å². The van der Waals surface area contributed by atoms with E-state index in [-0.39, 0.29) is 11.9 Å². The lowest BCUT2D eigenvalue weighted by Gasteiger charge is -2.33. The number of rotatable bonds is 4. The van der Waals surface area contributed by atoms with Crippen LogP contribution in [0.2, 0.25) is 0 Å². The molecule has 1 aliphatic heterocycles. The number of carbonyl (C=O) groups is 1. The van der Waals surface area contributed by atoms with E-state index in [9.17, 15) is 13.6 Å². The van der Waals surface area contributed by atoms with Gasteiger partial charge < -0.3 is 15.0 Å². The second-order valence-electron chi connectivity index (χ2n) is 6.47. The van der Waals surface area contributed by atoms with Crippen LogP contribution < -0.4 is 5.32 Å². The van der Waals surface area contributed by atoms with Gasteiger partial charge in [0.2, 0.25) is 0 Å². The zero-order valence-corrected chi connectivity index (χ0v) is 14.7. The molecule has 2 amide bonds. The van der Waals surface area contributed by atoms with Gasteiger partial charge in [-0.05, 0) is 42.7 Å². The number of carbonyl (C=O) groups excluding carboxylic acids is 1. The molecule has 3 rings (SSSR count). The summed E-state index contributed by atoms with van der Waals surface area (Å²) >= 11 is 0. The standard InChI is InChI=1S/C20H22F2N2O2/c1-26-13-15-5-2-3-7-19(15)23-20(25)24-10-4-6-14(12-24)17-11-16(21)8-9-18(17)22/h2-3,5,7-9,11,14H,4,6,10,12-13H2,1H3,(H,23,25). The van der Waals surface area contributed by atoms with Crippen molar-refractivity contribution in [2.75, 3.05) is 25.5 Å². The number of anilines is 1. The van der Waals surface area contributed by atoms with Gasteiger partial charge in [0.1, 0.15) is 11.6 Å². The van der Waals surface area contributed by atoms with Gasteiger partial charge >= 0.3 is 6.03 Å². The molecule has 6 heteroatoms. The summed E-state index contributed by atoms with van der Waals surface area (Å²) in [5.41, 5.74) is 1.91. The predicted octanol–water partition coefficient (Wildman–Crippen LogP) is 4.52. The van der Waals surface area contributed by atoms with E-state index in [1.807, 2.05) is 24.3 Å². The Morgan fingerprint density at radius 3 is 2.88 bits per heavy atom. The molecule has 2 aromatic carbocycles. The molecule has 2 aromatic rings. The van der Waals surface area contributed by atoms with Gasteiger partial charge in [-0.15, -0.1) is 0 Å². The highest BCUT2D eigenvalue weighted by Gasteiger charge is 2.27. The molecule has 138 valence electrons. The smallest absolute Gasteiger partial charge is 0.321 e. The van der Waals surface area contributed by atoms with E-state index in [1.165, 1.54) is 6.07 Å². The van der Waals surface area contributed by atoms with E-state index < -0.39 is 11.6 Å². The van der Waals surface area contributed by atoms with Gasteiger partial charge in [0.15, 0.2) is 0 Å². The molecule has 1 unspecified atom stereocenters. The molecular formula is C20H22F2N2O2. The third kappa shape index (κ3) is 4.19. The molecule has 0 spiro atoms. The van der Waals surface area contributed by atoms with E-state index in [0.29, 0.717) is 30.9 Å². The monoisotopic (exact) mass is 360 g/mol. The number of likely N-dealkylation sites (tertiary alicyclic amines) is 1. The van der Waals surface area contributed by atoms with Crippen molar-refractivity contribution >= 4 is 11.7 Å². The van der Waals surface area contributed by atoms with Crippen molar-refractivity contribution in [3.05, 3.63) is 65.2 Å². The van der Waals surface area contributed by atoms with Crippen molar-refractivity contribution in [3.8, 4) is 0 Å². The number of urea groups is 1. The van der Waals surface area contributed by atoms with Crippen LogP contribution in [0, 0.1) is 11.6 Å². The highest BCUT2D eigenvalue weighted by molar-refractivity contribution is 5.90. The number of nitrogens with one attached hydrogen (secondary N) is 1. The predicted molar refractivity (Wildman–Crippen MR) is 96.1 cm³/mol. The lowest BCUT2D eigenvalue weighted by molar-refractivity contribution is 0.184. The Kier molecular flexibility index (Phi) is 5.83. The minimum absolute atomic E-state index is 0.209. The summed E-state index contributed by atoms with van der Waals surface area (Å²) in [6, 6.07) is 10.7. The van der Waals surface area contributed by atoms with Crippen molar-refractivity contribution in [2.24, 2.45) is 0 Å². The van der Waals surface area contributed by atoms with Crippen LogP contribution in [-0.4, -0.2) is 31.1 Å². The average molecular weight is 360 g/mol. The van der Waals surface area contributed by atoms with Crippen LogP contribution in [0.1, 0.15) is 29.9 Å². The third-order valence-electron chi connectivity index (χ3n) is 4.67. The molecule has 1 aliphatic rings. The number of hydrogen-bond donors (Lipinski definition) is 1. The number of benzene rings is 2. The molecule has 1 atom stereocenters. The molecule has 4 nitrogen and oxygen atoms in total. The van der Waals surface area contributed by atoms with Crippen molar-refractivity contribution in [1.82, 2.24) is 4.90 Å². The molecule has 26 heavy (non-hydrogen) atoms. The van der Waals surface area contributed by atoms with Crippen LogP contribution in [0.25, 0.3) is 0 Å². The van der Waals surface area contributed by atoms with E-state index in [0.717, 1.165) is 30.5 Å². The maximum Gasteiger partial charge on any atom is 0.321 e. The first-order valence-electron chi connectivity index (χ1n) is 8.66. The first kappa shape index (κ1) is 18.3. The number of methoxy groups -OCH3 is 1. The van der Waals surface area contributed by atoms with Gasteiger partial charge in [-0.3, -0.25) is 0 Å². The lowest BCUT2D eigenvalue weighted by Crippen LogP contribution is -2.42. The van der Waals surface area contributed by atoms with E-state index in [4.69, 9.17) is 4.74 Å². The Morgan fingerprint density at radius 1 is 1.27 bits per heavy atom. The van der Waals surface area contributed by atoms with Gasteiger partial charge in [0.05, 0.1) is 6.61 Å². The Labute approximate surface area is 151 Å². The Bertz CT molecular complexity index is 782. The first-order valence-corrected chi connectivity index (χ1v) is 8.66. The summed E-state index contributed by atoms with van der Waals surface area (Å²) in [5.74, 6) is -1.10. The van der Waals surface area contributed by atoms with Crippen molar-refractivity contribution in [1.29, 1.82) is 0 Å². The summed E-state index contributed by atoms with van der Waals surface area (Å²) < 4.78 is 32.7. The van der Waals surface area contributed by atoms with Crippen molar-refractivity contribution in [3.63, 3.8) is 0 Å². The number of halogens is 2. The van der Waals surface area contributed by atoms with Crippen LogP contribution in [0.15, 0.2) is 42.5 Å². The maximum absolute atomic E-state index is 14.1. The molecule has 0 aromatic heterocycles. The molecule has 0 aliphatic carbocycles. The molecule has 1 N–H and O–H groups in total. The van der Waals surface area contributed by atoms with E-state index in [1.54, 1.807) is 12.0 Å². The Morgan fingerprint density at radius 2 is 2.08 bits per heavy atom. The molecule has 1 fully saturated rings. The third-order valence-corrected chi connectivity index (χ3v) is 4.67.